The first-order valence-corrected chi connectivity index (χ1v) is 8.71. The Kier molecular flexibility index (Phi) is 6.37. The van der Waals surface area contributed by atoms with Crippen LogP contribution in [0, 0.1) is 34.6 Å². The fraction of sp³-hybridized carbons (Fsp3) is 0.500. The molecule has 25 heavy (non-hydrogen) atoms. The highest BCUT2D eigenvalue weighted by Crippen LogP contribution is 2.30. The van der Waals surface area contributed by atoms with Crippen molar-refractivity contribution in [3.8, 4) is 5.88 Å². The predicted octanol–water partition coefficient (Wildman–Crippen LogP) is 4.57. The number of benzene rings is 1. The monoisotopic (exact) mass is 343 g/mol. The van der Waals surface area contributed by atoms with Crippen molar-refractivity contribution in [2.75, 3.05) is 19.0 Å². The minimum atomic E-state index is -0.0197. The van der Waals surface area contributed by atoms with Gasteiger partial charge in [-0.15, -0.1) is 0 Å². The van der Waals surface area contributed by atoms with E-state index in [1.54, 1.807) is 7.11 Å². The van der Waals surface area contributed by atoms with E-state index in [0.29, 0.717) is 18.3 Å². The minimum absolute atomic E-state index is 0.0197. The molecule has 1 aromatic heterocycles. The maximum atomic E-state index is 6.06. The molecule has 0 amide bonds. The maximum absolute atomic E-state index is 6.06. The fourth-order valence-corrected chi connectivity index (χ4v) is 2.91. The SMILES string of the molecule is CCC(COC)Oc1nc(C)nc(Nc2c(C)cc(C)cc2C)c1C. The molecule has 5 nitrogen and oxygen atoms in total. The van der Waals surface area contributed by atoms with Gasteiger partial charge in [-0.3, -0.25) is 0 Å². The summed E-state index contributed by atoms with van der Waals surface area (Å²) in [5.41, 5.74) is 5.63. The summed E-state index contributed by atoms with van der Waals surface area (Å²) in [5.74, 6) is 2.07. The number of rotatable bonds is 7. The molecule has 1 N–H and O–H groups in total. The lowest BCUT2D eigenvalue weighted by atomic mass is 10.0. The summed E-state index contributed by atoms with van der Waals surface area (Å²) in [6, 6.07) is 4.34. The van der Waals surface area contributed by atoms with Crippen molar-refractivity contribution in [2.24, 2.45) is 0 Å². The Hall–Kier alpha value is -2.14. The van der Waals surface area contributed by atoms with E-state index in [-0.39, 0.29) is 6.10 Å². The van der Waals surface area contributed by atoms with Crippen LogP contribution in [-0.4, -0.2) is 29.8 Å². The second-order valence-electron chi connectivity index (χ2n) is 6.55. The molecule has 5 heteroatoms. The van der Waals surface area contributed by atoms with E-state index in [0.717, 1.165) is 23.5 Å². The highest BCUT2D eigenvalue weighted by atomic mass is 16.5. The first-order chi connectivity index (χ1) is 11.8. The molecular formula is C20H29N3O2. The zero-order valence-corrected chi connectivity index (χ0v) is 16.4. The summed E-state index contributed by atoms with van der Waals surface area (Å²) in [4.78, 5) is 9.05. The number of ether oxygens (including phenoxy) is 2. The minimum Gasteiger partial charge on any atom is -0.472 e. The number of nitrogens with one attached hydrogen (secondary N) is 1. The molecule has 0 aliphatic carbocycles. The molecular weight excluding hydrogens is 314 g/mol. The zero-order valence-electron chi connectivity index (χ0n) is 16.4. The Morgan fingerprint density at radius 3 is 2.24 bits per heavy atom. The van der Waals surface area contributed by atoms with Gasteiger partial charge in [0.2, 0.25) is 5.88 Å². The van der Waals surface area contributed by atoms with Gasteiger partial charge in [-0.25, -0.2) is 4.98 Å². The standard InChI is InChI=1S/C20H29N3O2/c1-8-17(11-24-7)25-20-15(5)19(21-16(6)22-20)23-18-13(3)9-12(2)10-14(18)4/h9-10,17H,8,11H2,1-7H3,(H,21,22,23). The molecule has 0 saturated carbocycles. The summed E-state index contributed by atoms with van der Waals surface area (Å²) in [5, 5.41) is 3.48. The summed E-state index contributed by atoms with van der Waals surface area (Å²) >= 11 is 0. The lowest BCUT2D eigenvalue weighted by Crippen LogP contribution is -2.22. The number of aryl methyl sites for hydroxylation is 4. The Morgan fingerprint density at radius 2 is 1.68 bits per heavy atom. The smallest absolute Gasteiger partial charge is 0.222 e. The first-order valence-electron chi connectivity index (χ1n) is 8.71. The number of hydrogen-bond acceptors (Lipinski definition) is 5. The number of nitrogens with zero attached hydrogens (tertiary/aromatic N) is 2. The average molecular weight is 343 g/mol. The largest absolute Gasteiger partial charge is 0.472 e. The first kappa shape index (κ1) is 19.2. The number of anilines is 2. The van der Waals surface area contributed by atoms with Crippen molar-refractivity contribution < 1.29 is 9.47 Å². The molecule has 1 atom stereocenters. The van der Waals surface area contributed by atoms with E-state index in [9.17, 15) is 0 Å². The van der Waals surface area contributed by atoms with Crippen LogP contribution >= 0.6 is 0 Å². The Labute approximate surface area is 150 Å². The molecule has 0 radical (unpaired) electrons. The third kappa shape index (κ3) is 4.69. The fourth-order valence-electron chi connectivity index (χ4n) is 2.91. The molecule has 0 saturated heterocycles. The van der Waals surface area contributed by atoms with Crippen molar-refractivity contribution in [3.05, 3.63) is 40.2 Å². The van der Waals surface area contributed by atoms with Crippen LogP contribution in [0.5, 0.6) is 5.88 Å². The summed E-state index contributed by atoms with van der Waals surface area (Å²) < 4.78 is 11.3. The summed E-state index contributed by atoms with van der Waals surface area (Å²) in [6.45, 7) is 12.8. The van der Waals surface area contributed by atoms with Gasteiger partial charge in [-0.1, -0.05) is 24.6 Å². The lowest BCUT2D eigenvalue weighted by Gasteiger charge is -2.20. The van der Waals surface area contributed by atoms with Crippen molar-refractivity contribution in [2.45, 2.75) is 54.1 Å². The normalized spacial score (nSPS) is 12.1. The molecule has 0 bridgehead atoms. The van der Waals surface area contributed by atoms with E-state index < -0.39 is 0 Å². The molecule has 0 fully saturated rings. The molecule has 2 aromatic rings. The van der Waals surface area contributed by atoms with E-state index in [1.165, 1.54) is 16.7 Å². The van der Waals surface area contributed by atoms with Crippen LogP contribution in [0.4, 0.5) is 11.5 Å². The quantitative estimate of drug-likeness (QED) is 0.798. The number of hydrogen-bond donors (Lipinski definition) is 1. The van der Waals surface area contributed by atoms with Gasteiger partial charge >= 0.3 is 0 Å². The second-order valence-corrected chi connectivity index (χ2v) is 6.55. The lowest BCUT2D eigenvalue weighted by molar-refractivity contribution is 0.0750. The highest BCUT2D eigenvalue weighted by molar-refractivity contribution is 5.67. The molecule has 0 spiro atoms. The van der Waals surface area contributed by atoms with Crippen LogP contribution in [0.15, 0.2) is 12.1 Å². The number of aromatic nitrogens is 2. The van der Waals surface area contributed by atoms with Crippen LogP contribution in [0.2, 0.25) is 0 Å². The Balaban J connectivity index is 2.36. The molecule has 2 rings (SSSR count). The highest BCUT2D eigenvalue weighted by Gasteiger charge is 2.16. The van der Waals surface area contributed by atoms with Crippen LogP contribution < -0.4 is 10.1 Å². The van der Waals surface area contributed by atoms with Gasteiger partial charge in [0.1, 0.15) is 17.7 Å². The topological polar surface area (TPSA) is 56.3 Å². The maximum Gasteiger partial charge on any atom is 0.222 e. The van der Waals surface area contributed by atoms with Crippen LogP contribution in [-0.2, 0) is 4.74 Å². The van der Waals surface area contributed by atoms with Gasteiger partial charge in [0, 0.05) is 12.8 Å². The third-order valence-electron chi connectivity index (χ3n) is 4.22. The molecule has 1 aromatic carbocycles. The van der Waals surface area contributed by atoms with Crippen molar-refractivity contribution in [1.82, 2.24) is 9.97 Å². The molecule has 0 aliphatic rings. The zero-order chi connectivity index (χ0) is 18.6. The van der Waals surface area contributed by atoms with Crippen LogP contribution in [0.25, 0.3) is 0 Å². The molecule has 136 valence electrons. The van der Waals surface area contributed by atoms with Gasteiger partial charge in [-0.2, -0.15) is 4.98 Å². The summed E-state index contributed by atoms with van der Waals surface area (Å²) in [6.07, 6.45) is 0.837. The van der Waals surface area contributed by atoms with Crippen molar-refractivity contribution >= 4 is 11.5 Å². The Morgan fingerprint density at radius 1 is 1.04 bits per heavy atom. The third-order valence-corrected chi connectivity index (χ3v) is 4.22. The van der Waals surface area contributed by atoms with Crippen LogP contribution in [0.3, 0.4) is 0 Å². The van der Waals surface area contributed by atoms with E-state index in [1.807, 2.05) is 13.8 Å². The van der Waals surface area contributed by atoms with Crippen LogP contribution in [0.1, 0.15) is 41.4 Å². The molecule has 1 unspecified atom stereocenters. The second kappa shape index (κ2) is 8.30. The van der Waals surface area contributed by atoms with E-state index >= 15 is 0 Å². The van der Waals surface area contributed by atoms with Gasteiger partial charge < -0.3 is 14.8 Å². The molecule has 1 heterocycles. The van der Waals surface area contributed by atoms with Gasteiger partial charge in [0.05, 0.1) is 12.2 Å². The number of methoxy groups -OCH3 is 1. The average Bonchev–Trinajstić information content (AvgIpc) is 2.54. The van der Waals surface area contributed by atoms with Gasteiger partial charge in [-0.05, 0) is 52.2 Å². The van der Waals surface area contributed by atoms with E-state index in [4.69, 9.17) is 9.47 Å². The van der Waals surface area contributed by atoms with Crippen molar-refractivity contribution in [1.29, 1.82) is 0 Å². The van der Waals surface area contributed by atoms with Gasteiger partial charge in [0.15, 0.2) is 0 Å². The summed E-state index contributed by atoms with van der Waals surface area (Å²) in [7, 11) is 1.68. The van der Waals surface area contributed by atoms with E-state index in [2.05, 4.69) is 55.1 Å². The predicted molar refractivity (Wildman–Crippen MR) is 102 cm³/mol. The Bertz CT molecular complexity index is 721. The van der Waals surface area contributed by atoms with Crippen molar-refractivity contribution in [3.63, 3.8) is 0 Å². The van der Waals surface area contributed by atoms with Gasteiger partial charge in [0.25, 0.3) is 0 Å². The molecule has 0 aliphatic heterocycles.